The predicted molar refractivity (Wildman–Crippen MR) is 131 cm³/mol. The van der Waals surface area contributed by atoms with Gasteiger partial charge in [0.25, 0.3) is 5.91 Å². The van der Waals surface area contributed by atoms with Crippen molar-refractivity contribution in [2.75, 3.05) is 26.1 Å². The Bertz CT molecular complexity index is 1270. The van der Waals surface area contributed by atoms with Gasteiger partial charge in [0.2, 0.25) is 5.91 Å². The van der Waals surface area contributed by atoms with E-state index >= 15 is 0 Å². The number of aryl methyl sites for hydroxylation is 1. The molecule has 0 aromatic heterocycles. The van der Waals surface area contributed by atoms with Crippen molar-refractivity contribution in [3.05, 3.63) is 88.5 Å². The Morgan fingerprint density at radius 3 is 2.47 bits per heavy atom. The number of ether oxygens (including phenoxy) is 2. The minimum atomic E-state index is -0.598. The van der Waals surface area contributed by atoms with E-state index in [1.807, 2.05) is 47.4 Å². The number of benzene rings is 3. The highest BCUT2D eigenvalue weighted by Gasteiger charge is 2.47. The second-order valence-electron chi connectivity index (χ2n) is 8.66. The lowest BCUT2D eigenvalue weighted by Gasteiger charge is -2.45. The number of hydrogen-bond donors (Lipinski definition) is 1. The van der Waals surface area contributed by atoms with Gasteiger partial charge in [-0.15, -0.1) is 0 Å². The molecule has 0 saturated carbocycles. The van der Waals surface area contributed by atoms with Crippen LogP contribution in [0, 0.1) is 0 Å². The molecule has 0 bridgehead atoms. The fourth-order valence-corrected chi connectivity index (χ4v) is 5.29. The lowest BCUT2D eigenvalue weighted by Crippen LogP contribution is -2.49. The number of carbonyl (C=O) groups is 2. The fourth-order valence-electron chi connectivity index (χ4n) is 5.29. The zero-order valence-corrected chi connectivity index (χ0v) is 19.6. The number of hydrogen-bond acceptors (Lipinski definition) is 4. The van der Waals surface area contributed by atoms with Crippen molar-refractivity contribution in [3.8, 4) is 11.5 Å². The summed E-state index contributed by atoms with van der Waals surface area (Å²) in [5, 5.41) is 3.17. The molecule has 0 fully saturated rings. The second kappa shape index (κ2) is 8.86. The summed E-state index contributed by atoms with van der Waals surface area (Å²) in [6.07, 6.45) is 1.56. The Balaban J connectivity index is 1.68. The number of nitrogens with zero attached hydrogens (tertiary/aromatic N) is 1. The number of nitrogens with one attached hydrogen (secondary N) is 1. The van der Waals surface area contributed by atoms with Crippen LogP contribution < -0.4 is 14.8 Å². The van der Waals surface area contributed by atoms with Crippen LogP contribution in [0.1, 0.15) is 51.5 Å². The quantitative estimate of drug-likeness (QED) is 0.602. The van der Waals surface area contributed by atoms with Gasteiger partial charge in [-0.05, 0) is 53.3 Å². The highest BCUT2D eigenvalue weighted by molar-refractivity contribution is 6.05. The maximum atomic E-state index is 14.0. The molecule has 1 N–H and O–H groups in total. The Kier molecular flexibility index (Phi) is 5.74. The molecule has 3 aromatic rings. The van der Waals surface area contributed by atoms with E-state index < -0.39 is 12.0 Å². The van der Waals surface area contributed by atoms with Crippen LogP contribution >= 0.6 is 0 Å². The van der Waals surface area contributed by atoms with Crippen LogP contribution in [0.5, 0.6) is 11.5 Å². The molecule has 2 atom stereocenters. The lowest BCUT2D eigenvalue weighted by molar-refractivity contribution is -0.119. The monoisotopic (exact) mass is 456 g/mol. The number of carbonyl (C=O) groups excluding carboxylic acids is 2. The van der Waals surface area contributed by atoms with Crippen LogP contribution in [-0.4, -0.2) is 37.5 Å². The van der Waals surface area contributed by atoms with Gasteiger partial charge in [0.15, 0.2) is 11.5 Å². The number of para-hydroxylation sites is 1. The molecule has 3 aromatic carbocycles. The summed E-state index contributed by atoms with van der Waals surface area (Å²) < 4.78 is 11.0. The van der Waals surface area contributed by atoms with E-state index in [-0.39, 0.29) is 11.8 Å². The van der Waals surface area contributed by atoms with Crippen LogP contribution in [-0.2, 0) is 17.6 Å². The number of amides is 2. The molecule has 5 rings (SSSR count). The molecule has 0 spiro atoms. The van der Waals surface area contributed by atoms with Gasteiger partial charge in [0.05, 0.1) is 26.2 Å². The van der Waals surface area contributed by atoms with Crippen molar-refractivity contribution in [2.45, 2.75) is 31.7 Å². The molecular formula is C28H28N2O4. The molecule has 34 heavy (non-hydrogen) atoms. The molecule has 6 heteroatoms. The molecule has 0 radical (unpaired) electrons. The Labute approximate surface area is 199 Å². The van der Waals surface area contributed by atoms with E-state index in [0.717, 1.165) is 29.7 Å². The molecule has 2 aliphatic heterocycles. The highest BCUT2D eigenvalue weighted by Crippen LogP contribution is 2.48. The van der Waals surface area contributed by atoms with Crippen molar-refractivity contribution in [1.82, 2.24) is 4.90 Å². The Hall–Kier alpha value is -3.80. The zero-order valence-electron chi connectivity index (χ0n) is 19.6. The lowest BCUT2D eigenvalue weighted by atomic mass is 9.75. The first-order chi connectivity index (χ1) is 16.6. The number of rotatable bonds is 5. The summed E-state index contributed by atoms with van der Waals surface area (Å²) in [4.78, 5) is 29.5. The number of methoxy groups -OCH3 is 2. The molecule has 6 nitrogen and oxygen atoms in total. The van der Waals surface area contributed by atoms with Gasteiger partial charge in [0, 0.05) is 17.8 Å². The summed E-state index contributed by atoms with van der Waals surface area (Å²) in [5.41, 5.74) is 5.20. The third kappa shape index (κ3) is 3.50. The summed E-state index contributed by atoms with van der Waals surface area (Å²) in [6.45, 7) is 2.62. The van der Waals surface area contributed by atoms with Crippen molar-refractivity contribution in [2.24, 2.45) is 0 Å². The van der Waals surface area contributed by atoms with E-state index in [0.29, 0.717) is 29.2 Å². The summed E-state index contributed by atoms with van der Waals surface area (Å²) in [6, 6.07) is 19.0. The topological polar surface area (TPSA) is 67.9 Å². The SMILES string of the molecule is CCc1ccccc1NC(=O)[C@@H]1c2cc(OC)c(OC)cc2C(=O)N2CCc3ccccc3[C@H]12. The fraction of sp³-hybridized carbons (Fsp3) is 0.286. The van der Waals surface area contributed by atoms with Crippen LogP contribution in [0.2, 0.25) is 0 Å². The third-order valence-corrected chi connectivity index (χ3v) is 6.97. The van der Waals surface area contributed by atoms with Crippen molar-refractivity contribution < 1.29 is 19.1 Å². The van der Waals surface area contributed by atoms with Gasteiger partial charge >= 0.3 is 0 Å². The van der Waals surface area contributed by atoms with E-state index in [9.17, 15) is 9.59 Å². The summed E-state index contributed by atoms with van der Waals surface area (Å²) >= 11 is 0. The van der Waals surface area contributed by atoms with Gasteiger partial charge in [-0.2, -0.15) is 0 Å². The molecule has 174 valence electrons. The molecule has 2 aliphatic rings. The summed E-state index contributed by atoms with van der Waals surface area (Å²) in [5.74, 6) is 0.139. The number of fused-ring (bicyclic) bond motifs is 4. The third-order valence-electron chi connectivity index (χ3n) is 6.97. The average Bonchev–Trinajstić information content (AvgIpc) is 2.88. The number of anilines is 1. The maximum absolute atomic E-state index is 14.0. The second-order valence-corrected chi connectivity index (χ2v) is 8.66. The average molecular weight is 457 g/mol. The van der Waals surface area contributed by atoms with Crippen molar-refractivity contribution in [3.63, 3.8) is 0 Å². The summed E-state index contributed by atoms with van der Waals surface area (Å²) in [7, 11) is 3.10. The van der Waals surface area contributed by atoms with Crippen molar-refractivity contribution in [1.29, 1.82) is 0 Å². The highest BCUT2D eigenvalue weighted by atomic mass is 16.5. The van der Waals surface area contributed by atoms with Gasteiger partial charge in [-0.1, -0.05) is 49.4 Å². The smallest absolute Gasteiger partial charge is 0.254 e. The molecular weight excluding hydrogens is 428 g/mol. The van der Waals surface area contributed by atoms with E-state index in [4.69, 9.17) is 9.47 Å². The first-order valence-corrected chi connectivity index (χ1v) is 11.6. The van der Waals surface area contributed by atoms with Gasteiger partial charge in [0.1, 0.15) is 0 Å². The van der Waals surface area contributed by atoms with E-state index in [1.54, 1.807) is 26.4 Å². The van der Waals surface area contributed by atoms with Crippen LogP contribution in [0.3, 0.4) is 0 Å². The van der Waals surface area contributed by atoms with Crippen LogP contribution in [0.25, 0.3) is 0 Å². The minimum absolute atomic E-state index is 0.0894. The van der Waals surface area contributed by atoms with Crippen LogP contribution in [0.4, 0.5) is 5.69 Å². The maximum Gasteiger partial charge on any atom is 0.254 e. The van der Waals surface area contributed by atoms with Gasteiger partial charge in [-0.25, -0.2) is 0 Å². The standard InChI is InChI=1S/C28H28N2O4/c1-4-17-9-6-8-12-22(17)29-27(31)25-20-15-23(33-2)24(34-3)16-21(20)28(32)30-14-13-18-10-5-7-11-19(18)26(25)30/h5-12,15-16,25-26H,4,13-14H2,1-3H3,(H,29,31)/t25-,26-/m1/s1. The van der Waals surface area contributed by atoms with E-state index in [2.05, 4.69) is 18.3 Å². The zero-order chi connectivity index (χ0) is 23.8. The first kappa shape index (κ1) is 22.0. The molecule has 0 aliphatic carbocycles. The Morgan fingerprint density at radius 2 is 1.71 bits per heavy atom. The molecule has 2 heterocycles. The largest absolute Gasteiger partial charge is 0.493 e. The minimum Gasteiger partial charge on any atom is -0.493 e. The predicted octanol–water partition coefficient (Wildman–Crippen LogP) is 4.74. The van der Waals surface area contributed by atoms with Gasteiger partial charge < -0.3 is 19.7 Å². The van der Waals surface area contributed by atoms with Crippen molar-refractivity contribution >= 4 is 17.5 Å². The normalized spacial score (nSPS) is 18.4. The molecule has 0 saturated heterocycles. The molecule has 0 unspecified atom stereocenters. The van der Waals surface area contributed by atoms with Crippen LogP contribution in [0.15, 0.2) is 60.7 Å². The Morgan fingerprint density at radius 1 is 1.00 bits per heavy atom. The van der Waals surface area contributed by atoms with Gasteiger partial charge in [-0.3, -0.25) is 9.59 Å². The van der Waals surface area contributed by atoms with E-state index in [1.165, 1.54) is 5.56 Å². The first-order valence-electron chi connectivity index (χ1n) is 11.6. The molecule has 2 amide bonds.